The second-order valence-electron chi connectivity index (χ2n) is 9.88. The van der Waals surface area contributed by atoms with Crippen LogP contribution in [-0.2, 0) is 11.3 Å². The average molecular weight is 546 g/mol. The van der Waals surface area contributed by atoms with E-state index in [1.807, 2.05) is 13.8 Å². The topological polar surface area (TPSA) is 74.9 Å². The Bertz CT molecular complexity index is 738. The molecule has 3 unspecified atom stereocenters. The van der Waals surface area contributed by atoms with E-state index in [0.717, 1.165) is 69.1 Å². The summed E-state index contributed by atoms with van der Waals surface area (Å²) in [7, 11) is 0. The summed E-state index contributed by atoms with van der Waals surface area (Å²) in [5.41, 5.74) is 1.17. The van der Waals surface area contributed by atoms with Crippen LogP contribution in [0.15, 0.2) is 9.41 Å². The van der Waals surface area contributed by atoms with E-state index in [4.69, 9.17) is 14.1 Å². The molecular formula is C23H40IN5O2. The number of nitrogens with one attached hydrogen (secondary N) is 2. The molecule has 7 nitrogen and oxygen atoms in total. The second-order valence-corrected chi connectivity index (χ2v) is 9.88. The molecule has 2 aliphatic heterocycles. The predicted octanol–water partition coefficient (Wildman–Crippen LogP) is 3.49. The van der Waals surface area contributed by atoms with Crippen molar-refractivity contribution in [3.63, 3.8) is 0 Å². The lowest BCUT2D eigenvalue weighted by Gasteiger charge is -2.55. The molecule has 0 aromatic carbocycles. The lowest BCUT2D eigenvalue weighted by atomic mass is 9.57. The van der Waals surface area contributed by atoms with Gasteiger partial charge < -0.3 is 19.8 Å². The third-order valence-corrected chi connectivity index (χ3v) is 7.38. The molecule has 0 radical (unpaired) electrons. The summed E-state index contributed by atoms with van der Waals surface area (Å²) in [6.07, 6.45) is 3.91. The van der Waals surface area contributed by atoms with Gasteiger partial charge in [-0.05, 0) is 59.0 Å². The highest BCUT2D eigenvalue weighted by Crippen LogP contribution is 2.52. The Morgan fingerprint density at radius 1 is 1.23 bits per heavy atom. The van der Waals surface area contributed by atoms with Crippen LogP contribution in [0.25, 0.3) is 0 Å². The number of hydrogen-bond donors (Lipinski definition) is 2. The SMILES string of the molecule is CCNC(=NCC1CCN(Cc2nc(C)c(C)o2)CC1)NC1C2CCOC2C1(C)C.I. The fraction of sp³-hybridized carbons (Fsp3) is 0.826. The second kappa shape index (κ2) is 10.4. The van der Waals surface area contributed by atoms with Gasteiger partial charge >= 0.3 is 0 Å². The highest BCUT2D eigenvalue weighted by atomic mass is 127. The van der Waals surface area contributed by atoms with Crippen molar-refractivity contribution < 1.29 is 9.15 Å². The standard InChI is InChI=1S/C23H39N5O2.HI/c1-6-24-22(27-20-18-9-12-29-21(18)23(20,4)5)25-13-17-7-10-28(11-8-17)14-19-26-15(2)16(3)30-19;/h17-18,20-21H,6-14H2,1-5H3,(H2,24,25,27);1H. The summed E-state index contributed by atoms with van der Waals surface area (Å²) in [6.45, 7) is 16.4. The molecule has 1 saturated carbocycles. The van der Waals surface area contributed by atoms with E-state index in [2.05, 4.69) is 41.3 Å². The molecule has 1 aromatic rings. The fourth-order valence-electron chi connectivity index (χ4n) is 5.43. The van der Waals surface area contributed by atoms with Crippen molar-refractivity contribution in [1.29, 1.82) is 0 Å². The summed E-state index contributed by atoms with van der Waals surface area (Å²) in [4.78, 5) is 11.9. The molecule has 0 spiro atoms. The third kappa shape index (κ3) is 5.38. The number of halogens is 1. The Kier molecular flexibility index (Phi) is 8.29. The van der Waals surface area contributed by atoms with Crippen LogP contribution in [0.3, 0.4) is 0 Å². The predicted molar refractivity (Wildman–Crippen MR) is 134 cm³/mol. The van der Waals surface area contributed by atoms with Crippen LogP contribution in [0.5, 0.6) is 0 Å². The summed E-state index contributed by atoms with van der Waals surface area (Å²) < 4.78 is 11.7. The number of likely N-dealkylation sites (tertiary alicyclic amines) is 1. The number of ether oxygens (including phenoxy) is 1. The highest BCUT2D eigenvalue weighted by Gasteiger charge is 2.59. The molecule has 1 aliphatic carbocycles. The van der Waals surface area contributed by atoms with E-state index in [-0.39, 0.29) is 29.4 Å². The smallest absolute Gasteiger partial charge is 0.208 e. The van der Waals surface area contributed by atoms with Crippen molar-refractivity contribution in [2.45, 2.75) is 72.6 Å². The largest absolute Gasteiger partial charge is 0.444 e. The highest BCUT2D eigenvalue weighted by molar-refractivity contribution is 14.0. The van der Waals surface area contributed by atoms with Gasteiger partial charge in [0.05, 0.1) is 18.3 Å². The molecule has 2 N–H and O–H groups in total. The first-order chi connectivity index (χ1) is 14.4. The number of hydrogen-bond acceptors (Lipinski definition) is 5. The number of guanidine groups is 1. The normalized spacial score (nSPS) is 28.5. The van der Waals surface area contributed by atoms with Crippen LogP contribution in [0.1, 0.15) is 57.4 Å². The Balaban J connectivity index is 0.00000272. The molecule has 3 fully saturated rings. The number of aliphatic imine (C=N–C) groups is 1. The van der Waals surface area contributed by atoms with Gasteiger partial charge in [0, 0.05) is 37.1 Å². The Hall–Kier alpha value is -0.870. The van der Waals surface area contributed by atoms with Gasteiger partial charge in [-0.1, -0.05) is 13.8 Å². The van der Waals surface area contributed by atoms with Gasteiger partial charge in [-0.3, -0.25) is 9.89 Å². The van der Waals surface area contributed by atoms with Gasteiger partial charge in [0.25, 0.3) is 0 Å². The van der Waals surface area contributed by atoms with E-state index in [0.29, 0.717) is 24.0 Å². The zero-order valence-corrected chi connectivity index (χ0v) is 22.1. The molecular weight excluding hydrogens is 505 g/mol. The first-order valence-corrected chi connectivity index (χ1v) is 11.7. The van der Waals surface area contributed by atoms with Gasteiger partial charge in [-0.2, -0.15) is 0 Å². The zero-order valence-electron chi connectivity index (χ0n) is 19.7. The van der Waals surface area contributed by atoms with E-state index >= 15 is 0 Å². The molecule has 176 valence electrons. The molecule has 1 aromatic heterocycles. The first-order valence-electron chi connectivity index (χ1n) is 11.7. The maximum absolute atomic E-state index is 5.94. The Labute approximate surface area is 204 Å². The van der Waals surface area contributed by atoms with Crippen LogP contribution < -0.4 is 10.6 Å². The van der Waals surface area contributed by atoms with Crippen molar-refractivity contribution >= 4 is 29.9 Å². The fourth-order valence-corrected chi connectivity index (χ4v) is 5.43. The molecule has 0 bridgehead atoms. The number of oxazole rings is 1. The van der Waals surface area contributed by atoms with Crippen LogP contribution in [0.2, 0.25) is 0 Å². The number of nitrogens with zero attached hydrogens (tertiary/aromatic N) is 3. The van der Waals surface area contributed by atoms with Gasteiger partial charge in [-0.25, -0.2) is 4.98 Å². The van der Waals surface area contributed by atoms with Crippen LogP contribution in [0.4, 0.5) is 0 Å². The summed E-state index contributed by atoms with van der Waals surface area (Å²) in [5.74, 6) is 4.01. The minimum absolute atomic E-state index is 0. The monoisotopic (exact) mass is 545 g/mol. The van der Waals surface area contributed by atoms with Gasteiger partial charge in [0.2, 0.25) is 5.89 Å². The molecule has 4 rings (SSSR count). The van der Waals surface area contributed by atoms with Crippen molar-refractivity contribution in [1.82, 2.24) is 20.5 Å². The number of rotatable bonds is 6. The van der Waals surface area contributed by atoms with Crippen molar-refractivity contribution in [3.8, 4) is 0 Å². The lowest BCUT2D eigenvalue weighted by molar-refractivity contribution is -0.106. The van der Waals surface area contributed by atoms with Crippen LogP contribution in [0, 0.1) is 31.1 Å². The van der Waals surface area contributed by atoms with Gasteiger partial charge in [-0.15, -0.1) is 24.0 Å². The van der Waals surface area contributed by atoms with E-state index in [9.17, 15) is 0 Å². The molecule has 3 heterocycles. The van der Waals surface area contributed by atoms with Crippen LogP contribution in [-0.4, -0.2) is 60.8 Å². The molecule has 31 heavy (non-hydrogen) atoms. The molecule has 8 heteroatoms. The Morgan fingerprint density at radius 3 is 2.61 bits per heavy atom. The van der Waals surface area contributed by atoms with Crippen molar-refractivity contribution in [2.24, 2.45) is 22.2 Å². The maximum atomic E-state index is 5.94. The van der Waals surface area contributed by atoms with Gasteiger partial charge in [0.15, 0.2) is 5.96 Å². The summed E-state index contributed by atoms with van der Waals surface area (Å²) in [5, 5.41) is 7.19. The molecule has 2 saturated heterocycles. The average Bonchev–Trinajstić information content (AvgIpc) is 3.30. The van der Waals surface area contributed by atoms with Crippen LogP contribution >= 0.6 is 24.0 Å². The quantitative estimate of drug-likeness (QED) is 0.324. The number of piperidine rings is 1. The van der Waals surface area contributed by atoms with E-state index < -0.39 is 0 Å². The minimum Gasteiger partial charge on any atom is -0.444 e. The number of aryl methyl sites for hydroxylation is 2. The number of aromatic nitrogens is 1. The molecule has 3 atom stereocenters. The van der Waals surface area contributed by atoms with E-state index in [1.165, 1.54) is 12.8 Å². The van der Waals surface area contributed by atoms with Crippen molar-refractivity contribution in [2.75, 3.05) is 32.8 Å². The summed E-state index contributed by atoms with van der Waals surface area (Å²) >= 11 is 0. The number of fused-ring (bicyclic) bond motifs is 1. The minimum atomic E-state index is 0. The molecule has 3 aliphatic rings. The molecule has 0 amide bonds. The Morgan fingerprint density at radius 2 is 1.97 bits per heavy atom. The zero-order chi connectivity index (χ0) is 21.3. The lowest BCUT2D eigenvalue weighted by Crippen LogP contribution is -2.68. The third-order valence-electron chi connectivity index (χ3n) is 7.38. The van der Waals surface area contributed by atoms with Gasteiger partial charge in [0.1, 0.15) is 5.76 Å². The van der Waals surface area contributed by atoms with E-state index in [1.54, 1.807) is 0 Å². The maximum Gasteiger partial charge on any atom is 0.208 e. The van der Waals surface area contributed by atoms with Crippen molar-refractivity contribution in [3.05, 3.63) is 17.3 Å². The first kappa shape index (κ1) is 24.8. The summed E-state index contributed by atoms with van der Waals surface area (Å²) in [6, 6.07) is 0.442.